The number of nitrogens with one attached hydrogen (secondary N) is 1. The van der Waals surface area contributed by atoms with Gasteiger partial charge in [0, 0.05) is 25.1 Å². The summed E-state index contributed by atoms with van der Waals surface area (Å²) in [7, 11) is 0. The van der Waals surface area contributed by atoms with Crippen LogP contribution in [0.4, 0.5) is 0 Å². The summed E-state index contributed by atoms with van der Waals surface area (Å²) in [5.41, 5.74) is 7.16. The fourth-order valence-corrected chi connectivity index (χ4v) is 5.33. The van der Waals surface area contributed by atoms with Gasteiger partial charge in [0.1, 0.15) is 5.75 Å². The molecular weight excluding hydrogens is 368 g/mol. The van der Waals surface area contributed by atoms with Crippen LogP contribution in [0.2, 0.25) is 0 Å². The molecule has 5 atom stereocenters. The molecule has 152 valence electrons. The maximum Gasteiger partial charge on any atom is 0.233 e. The number of hydrogen-bond donors (Lipinski definition) is 2. The second-order valence-corrected chi connectivity index (χ2v) is 8.32. The second-order valence-electron chi connectivity index (χ2n) is 8.32. The van der Waals surface area contributed by atoms with E-state index in [1.807, 2.05) is 24.3 Å². The molecule has 1 saturated heterocycles. The number of fused-ring (bicyclic) bond motifs is 6. The minimum atomic E-state index is -0.124. The molecule has 5 unspecified atom stereocenters. The van der Waals surface area contributed by atoms with Crippen LogP contribution in [0.5, 0.6) is 5.75 Å². The van der Waals surface area contributed by atoms with E-state index in [4.69, 9.17) is 10.5 Å². The topological polar surface area (TPSA) is 97.0 Å². The number of carbonyl (C=O) groups is 2. The number of allylic oxidation sites excluding steroid dienone is 2. The third kappa shape index (κ3) is 3.09. The lowest BCUT2D eigenvalue weighted by Crippen LogP contribution is -2.37. The Morgan fingerprint density at radius 2 is 1.90 bits per heavy atom. The Balaban J connectivity index is 1.14. The maximum atomic E-state index is 12.7. The van der Waals surface area contributed by atoms with Gasteiger partial charge in [-0.25, -0.2) is 0 Å². The Kier molecular flexibility index (Phi) is 4.53. The summed E-state index contributed by atoms with van der Waals surface area (Å²) in [6.45, 7) is 1.53. The zero-order valence-electron chi connectivity index (χ0n) is 16.3. The SMILES string of the molecule is NC(=NCCCN1C(=O)C2C3C=CC(C3)C2C1=O)NC1CCOc2ccccc21. The summed E-state index contributed by atoms with van der Waals surface area (Å²) >= 11 is 0. The molecule has 0 aromatic heterocycles. The molecule has 2 fully saturated rings. The first-order chi connectivity index (χ1) is 14.1. The summed E-state index contributed by atoms with van der Waals surface area (Å²) < 4.78 is 5.67. The van der Waals surface area contributed by atoms with Crippen LogP contribution in [0.25, 0.3) is 0 Å². The van der Waals surface area contributed by atoms with E-state index >= 15 is 0 Å². The highest BCUT2D eigenvalue weighted by molar-refractivity contribution is 6.06. The summed E-state index contributed by atoms with van der Waals surface area (Å²) in [4.78, 5) is 31.2. The highest BCUT2D eigenvalue weighted by Gasteiger charge is 2.58. The normalized spacial score (nSPS) is 32.3. The lowest BCUT2D eigenvalue weighted by Gasteiger charge is -2.27. The van der Waals surface area contributed by atoms with Crippen molar-refractivity contribution in [1.82, 2.24) is 10.2 Å². The smallest absolute Gasteiger partial charge is 0.233 e. The molecule has 0 spiro atoms. The van der Waals surface area contributed by atoms with Crippen molar-refractivity contribution in [3.8, 4) is 5.75 Å². The van der Waals surface area contributed by atoms with E-state index in [1.165, 1.54) is 4.90 Å². The number of aliphatic imine (C=N–C) groups is 1. The third-order valence-corrected chi connectivity index (χ3v) is 6.66. The Hall–Kier alpha value is -2.83. The van der Waals surface area contributed by atoms with Crippen molar-refractivity contribution >= 4 is 17.8 Å². The molecule has 0 radical (unpaired) electrons. The number of nitrogens with zero attached hydrogens (tertiary/aromatic N) is 2. The Morgan fingerprint density at radius 1 is 1.17 bits per heavy atom. The zero-order valence-corrected chi connectivity index (χ0v) is 16.3. The van der Waals surface area contributed by atoms with E-state index in [9.17, 15) is 9.59 Å². The number of hydrogen-bond acceptors (Lipinski definition) is 4. The number of ether oxygens (including phenoxy) is 1. The first-order valence-corrected chi connectivity index (χ1v) is 10.4. The van der Waals surface area contributed by atoms with Crippen LogP contribution in [-0.4, -0.2) is 42.4 Å². The molecule has 2 amide bonds. The average Bonchev–Trinajstić information content (AvgIpc) is 3.41. The van der Waals surface area contributed by atoms with Crippen molar-refractivity contribution in [2.45, 2.75) is 25.3 Å². The predicted molar refractivity (Wildman–Crippen MR) is 108 cm³/mol. The molecule has 29 heavy (non-hydrogen) atoms. The number of amides is 2. The third-order valence-electron chi connectivity index (χ3n) is 6.66. The van der Waals surface area contributed by atoms with Crippen LogP contribution >= 0.6 is 0 Å². The van der Waals surface area contributed by atoms with Crippen LogP contribution in [0.3, 0.4) is 0 Å². The minimum Gasteiger partial charge on any atom is -0.493 e. The van der Waals surface area contributed by atoms with Gasteiger partial charge in [0.15, 0.2) is 5.96 Å². The van der Waals surface area contributed by atoms with Gasteiger partial charge in [0.25, 0.3) is 0 Å². The summed E-state index contributed by atoms with van der Waals surface area (Å²) in [6, 6.07) is 8.00. The highest BCUT2D eigenvalue weighted by Crippen LogP contribution is 2.52. The van der Waals surface area contributed by atoms with Crippen molar-refractivity contribution in [3.05, 3.63) is 42.0 Å². The van der Waals surface area contributed by atoms with Gasteiger partial charge in [0.2, 0.25) is 11.8 Å². The van der Waals surface area contributed by atoms with Gasteiger partial charge in [-0.15, -0.1) is 0 Å². The quantitative estimate of drug-likeness (QED) is 0.260. The van der Waals surface area contributed by atoms with Crippen LogP contribution in [0, 0.1) is 23.7 Å². The first kappa shape index (κ1) is 18.2. The van der Waals surface area contributed by atoms with Crippen LogP contribution in [0.15, 0.2) is 41.4 Å². The second kappa shape index (κ2) is 7.21. The standard InChI is InChI=1S/C22H26N4O3/c23-22(25-16-8-11-29-17-5-2-1-4-15(16)17)24-9-3-10-26-20(27)18-13-6-7-14(12-13)19(18)21(26)28/h1-2,4-7,13-14,16,18-19H,3,8-12H2,(H3,23,24,25). The number of likely N-dealkylation sites (tertiary alicyclic amines) is 1. The summed E-state index contributed by atoms with van der Waals surface area (Å²) in [5, 5.41) is 3.27. The lowest BCUT2D eigenvalue weighted by molar-refractivity contribution is -0.140. The zero-order chi connectivity index (χ0) is 20.0. The van der Waals surface area contributed by atoms with E-state index in [2.05, 4.69) is 22.5 Å². The largest absolute Gasteiger partial charge is 0.493 e. The number of nitrogens with two attached hydrogens (primary N) is 1. The van der Waals surface area contributed by atoms with Crippen molar-refractivity contribution in [1.29, 1.82) is 0 Å². The molecule has 2 heterocycles. The van der Waals surface area contributed by atoms with E-state index in [1.54, 1.807) is 0 Å². The van der Waals surface area contributed by atoms with Crippen molar-refractivity contribution in [2.24, 2.45) is 34.4 Å². The van der Waals surface area contributed by atoms with Crippen LogP contribution in [-0.2, 0) is 9.59 Å². The van der Waals surface area contributed by atoms with Crippen molar-refractivity contribution in [3.63, 3.8) is 0 Å². The van der Waals surface area contributed by atoms with E-state index in [-0.39, 0.29) is 41.5 Å². The lowest BCUT2D eigenvalue weighted by atomic mass is 9.85. The number of guanidine groups is 1. The Morgan fingerprint density at radius 3 is 2.66 bits per heavy atom. The molecule has 1 aromatic carbocycles. The minimum absolute atomic E-state index is 0.00531. The van der Waals surface area contributed by atoms with E-state index in [0.29, 0.717) is 32.1 Å². The van der Waals surface area contributed by atoms with Gasteiger partial charge in [-0.3, -0.25) is 19.5 Å². The Labute approximate surface area is 170 Å². The highest BCUT2D eigenvalue weighted by atomic mass is 16.5. The number of carbonyl (C=O) groups excluding carboxylic acids is 2. The number of imide groups is 1. The molecular formula is C22H26N4O3. The number of benzene rings is 1. The van der Waals surface area contributed by atoms with E-state index in [0.717, 1.165) is 24.2 Å². The van der Waals surface area contributed by atoms with Crippen molar-refractivity contribution in [2.75, 3.05) is 19.7 Å². The van der Waals surface area contributed by atoms with E-state index < -0.39 is 0 Å². The van der Waals surface area contributed by atoms with Crippen LogP contribution < -0.4 is 15.8 Å². The van der Waals surface area contributed by atoms with Crippen molar-refractivity contribution < 1.29 is 14.3 Å². The molecule has 1 saturated carbocycles. The first-order valence-electron chi connectivity index (χ1n) is 10.4. The fraction of sp³-hybridized carbons (Fsp3) is 0.500. The number of para-hydroxylation sites is 1. The molecule has 2 bridgehead atoms. The average molecular weight is 394 g/mol. The Bertz CT molecular complexity index is 866. The van der Waals surface area contributed by atoms with Gasteiger partial charge in [-0.2, -0.15) is 0 Å². The number of rotatable bonds is 5. The van der Waals surface area contributed by atoms with Gasteiger partial charge >= 0.3 is 0 Å². The maximum absolute atomic E-state index is 12.7. The molecule has 1 aromatic rings. The molecule has 2 aliphatic heterocycles. The van der Waals surface area contributed by atoms with Gasteiger partial charge in [0.05, 0.1) is 24.5 Å². The molecule has 7 nitrogen and oxygen atoms in total. The predicted octanol–water partition coefficient (Wildman–Crippen LogP) is 1.61. The summed E-state index contributed by atoms with van der Waals surface area (Å²) in [5.74, 6) is 1.53. The van der Waals surface area contributed by atoms with Gasteiger partial charge in [-0.05, 0) is 30.7 Å². The van der Waals surface area contributed by atoms with Gasteiger partial charge < -0.3 is 15.8 Å². The molecule has 4 aliphatic rings. The molecule has 2 aliphatic carbocycles. The summed E-state index contributed by atoms with van der Waals surface area (Å²) in [6.07, 6.45) is 6.63. The molecule has 3 N–H and O–H groups in total. The molecule has 7 heteroatoms. The van der Waals surface area contributed by atoms with Crippen LogP contribution in [0.1, 0.15) is 30.9 Å². The molecule has 5 rings (SSSR count). The monoisotopic (exact) mass is 394 g/mol. The fourth-order valence-electron chi connectivity index (χ4n) is 5.33. The van der Waals surface area contributed by atoms with Gasteiger partial charge in [-0.1, -0.05) is 30.4 Å².